The molecule has 0 aromatic heterocycles. The van der Waals surface area contributed by atoms with Gasteiger partial charge in [-0.15, -0.1) is 0 Å². The molecule has 2 N–H and O–H groups in total. The van der Waals surface area contributed by atoms with Crippen LogP contribution in [0, 0.1) is 0 Å². The van der Waals surface area contributed by atoms with E-state index < -0.39 is 29.4 Å². The fourth-order valence-electron chi connectivity index (χ4n) is 0.864. The highest BCUT2D eigenvalue weighted by Crippen LogP contribution is 2.11. The maximum atomic E-state index is 11.7. The third-order valence-corrected chi connectivity index (χ3v) is 2.42. The van der Waals surface area contributed by atoms with Crippen LogP contribution in [0.3, 0.4) is 0 Å². The highest BCUT2D eigenvalue weighted by molar-refractivity contribution is 7.84. The van der Waals surface area contributed by atoms with Crippen molar-refractivity contribution in [3.05, 3.63) is 0 Å². The second kappa shape index (κ2) is 7.61. The molecule has 0 spiro atoms. The first-order chi connectivity index (χ1) is 7.31. The molecule has 0 rings (SSSR count). The molecule has 1 atom stereocenters. The van der Waals surface area contributed by atoms with Crippen LogP contribution in [0.2, 0.25) is 0 Å². The lowest BCUT2D eigenvalue weighted by Gasteiger charge is -2.08. The van der Waals surface area contributed by atoms with Gasteiger partial charge in [-0.2, -0.15) is 13.2 Å². The van der Waals surface area contributed by atoms with Gasteiger partial charge in [0, 0.05) is 22.8 Å². The molecule has 0 aliphatic carbocycles. The van der Waals surface area contributed by atoms with Gasteiger partial charge in [0.25, 0.3) is 0 Å². The van der Waals surface area contributed by atoms with E-state index in [2.05, 4.69) is 5.32 Å². The van der Waals surface area contributed by atoms with E-state index in [4.69, 9.17) is 0 Å². The molecule has 0 aromatic carbocycles. The van der Waals surface area contributed by atoms with Crippen molar-refractivity contribution >= 4 is 16.7 Å². The van der Waals surface area contributed by atoms with Gasteiger partial charge < -0.3 is 10.6 Å². The minimum atomic E-state index is -4.38. The topological polar surface area (TPSA) is 58.2 Å². The maximum Gasteiger partial charge on any atom is 0.405 e. The summed E-state index contributed by atoms with van der Waals surface area (Å²) in [7, 11) is -0.884. The van der Waals surface area contributed by atoms with Gasteiger partial charge in [-0.05, 0) is 13.0 Å². The molecule has 1 unspecified atom stereocenters. The Hall–Kier alpha value is -0.630. The standard InChI is InChI=1S/C8H15F3N2O2S/c1-16(15)4-2-3-12-5-7(14)13-6-8(9,10)11/h12H,2-6H2,1H3,(H,13,14). The van der Waals surface area contributed by atoms with Crippen molar-refractivity contribution in [3.8, 4) is 0 Å². The van der Waals surface area contributed by atoms with Crippen molar-refractivity contribution in [2.45, 2.75) is 12.6 Å². The molecule has 0 saturated carbocycles. The average Bonchev–Trinajstić information content (AvgIpc) is 2.12. The molecular weight excluding hydrogens is 245 g/mol. The second-order valence-electron chi connectivity index (χ2n) is 3.20. The summed E-state index contributed by atoms with van der Waals surface area (Å²) < 4.78 is 45.7. The Labute approximate surface area is 94.4 Å². The van der Waals surface area contributed by atoms with Crippen LogP contribution >= 0.6 is 0 Å². The molecule has 1 amide bonds. The number of hydrogen-bond acceptors (Lipinski definition) is 3. The van der Waals surface area contributed by atoms with Crippen molar-refractivity contribution in [3.63, 3.8) is 0 Å². The van der Waals surface area contributed by atoms with Crippen LogP contribution in [0.1, 0.15) is 6.42 Å². The number of rotatable bonds is 7. The summed E-state index contributed by atoms with van der Waals surface area (Å²) in [4.78, 5) is 10.9. The fourth-order valence-corrected chi connectivity index (χ4v) is 1.41. The SMILES string of the molecule is CS(=O)CCCNCC(=O)NCC(F)(F)F. The lowest BCUT2D eigenvalue weighted by Crippen LogP contribution is -2.39. The van der Waals surface area contributed by atoms with E-state index in [0.29, 0.717) is 18.7 Å². The number of halogens is 3. The fraction of sp³-hybridized carbons (Fsp3) is 0.875. The summed E-state index contributed by atoms with van der Waals surface area (Å²) >= 11 is 0. The van der Waals surface area contributed by atoms with E-state index >= 15 is 0 Å². The first-order valence-corrected chi connectivity index (χ1v) is 6.38. The Morgan fingerprint density at radius 2 is 2.00 bits per heavy atom. The number of carbonyl (C=O) groups excluding carboxylic acids is 1. The lowest BCUT2D eigenvalue weighted by atomic mass is 10.4. The molecule has 96 valence electrons. The molecule has 16 heavy (non-hydrogen) atoms. The van der Waals surface area contributed by atoms with Crippen LogP contribution in [-0.4, -0.2) is 47.9 Å². The van der Waals surface area contributed by atoms with E-state index in [1.807, 2.05) is 0 Å². The van der Waals surface area contributed by atoms with Crippen molar-refractivity contribution in [1.82, 2.24) is 10.6 Å². The highest BCUT2D eigenvalue weighted by Gasteiger charge is 2.27. The smallest absolute Gasteiger partial charge is 0.346 e. The highest BCUT2D eigenvalue weighted by atomic mass is 32.2. The minimum absolute atomic E-state index is 0.160. The van der Waals surface area contributed by atoms with E-state index in [-0.39, 0.29) is 6.54 Å². The largest absolute Gasteiger partial charge is 0.405 e. The van der Waals surface area contributed by atoms with Crippen LogP contribution in [-0.2, 0) is 15.6 Å². The first kappa shape index (κ1) is 15.4. The predicted octanol–water partition coefficient (Wildman–Crippen LogP) is 0.0231. The molecule has 0 fully saturated rings. The van der Waals surface area contributed by atoms with Crippen molar-refractivity contribution < 1.29 is 22.2 Å². The van der Waals surface area contributed by atoms with Gasteiger partial charge in [0.15, 0.2) is 0 Å². The predicted molar refractivity (Wildman–Crippen MR) is 55.5 cm³/mol. The van der Waals surface area contributed by atoms with E-state index in [9.17, 15) is 22.2 Å². The summed E-state index contributed by atoms with van der Waals surface area (Å²) in [6, 6.07) is 0. The number of alkyl halides is 3. The molecule has 0 heterocycles. The molecule has 0 aromatic rings. The number of amides is 1. The molecule has 4 nitrogen and oxygen atoms in total. The van der Waals surface area contributed by atoms with E-state index in [0.717, 1.165) is 0 Å². The van der Waals surface area contributed by atoms with Gasteiger partial charge in [0.1, 0.15) is 6.54 Å². The van der Waals surface area contributed by atoms with Crippen molar-refractivity contribution in [1.29, 1.82) is 0 Å². The average molecular weight is 260 g/mol. The van der Waals surface area contributed by atoms with Crippen LogP contribution in [0.25, 0.3) is 0 Å². The molecule has 0 radical (unpaired) electrons. The Morgan fingerprint density at radius 3 is 2.50 bits per heavy atom. The van der Waals surface area contributed by atoms with Crippen molar-refractivity contribution in [2.24, 2.45) is 0 Å². The monoisotopic (exact) mass is 260 g/mol. The van der Waals surface area contributed by atoms with Crippen molar-refractivity contribution in [2.75, 3.05) is 31.6 Å². The molecule has 8 heteroatoms. The van der Waals surface area contributed by atoms with Gasteiger partial charge in [0.2, 0.25) is 5.91 Å². The van der Waals surface area contributed by atoms with Gasteiger partial charge >= 0.3 is 6.18 Å². The zero-order valence-electron chi connectivity index (χ0n) is 8.89. The molecular formula is C8H15F3N2O2S. The molecule has 0 aliphatic rings. The Bertz CT molecular complexity index is 246. The van der Waals surface area contributed by atoms with E-state index in [1.165, 1.54) is 0 Å². The Kier molecular flexibility index (Phi) is 7.31. The molecule has 0 saturated heterocycles. The molecule has 0 bridgehead atoms. The summed E-state index contributed by atoms with van der Waals surface area (Å²) in [5, 5.41) is 4.40. The first-order valence-electron chi connectivity index (χ1n) is 4.65. The van der Waals surface area contributed by atoms with Crippen LogP contribution in [0.4, 0.5) is 13.2 Å². The normalized spacial score (nSPS) is 13.5. The number of hydrogen-bond donors (Lipinski definition) is 2. The van der Waals surface area contributed by atoms with Crippen LogP contribution < -0.4 is 10.6 Å². The van der Waals surface area contributed by atoms with Gasteiger partial charge in [-0.3, -0.25) is 9.00 Å². The second-order valence-corrected chi connectivity index (χ2v) is 4.75. The van der Waals surface area contributed by atoms with Gasteiger partial charge in [0.05, 0.1) is 6.54 Å². The third kappa shape index (κ3) is 11.4. The Morgan fingerprint density at radius 1 is 1.38 bits per heavy atom. The molecule has 0 aliphatic heterocycles. The quantitative estimate of drug-likeness (QED) is 0.635. The summed E-state index contributed by atoms with van der Waals surface area (Å²) in [5.41, 5.74) is 0. The van der Waals surface area contributed by atoms with Crippen LogP contribution in [0.5, 0.6) is 0 Å². The van der Waals surface area contributed by atoms with Gasteiger partial charge in [-0.25, -0.2) is 0 Å². The zero-order valence-corrected chi connectivity index (χ0v) is 9.71. The minimum Gasteiger partial charge on any atom is -0.346 e. The third-order valence-electron chi connectivity index (χ3n) is 1.56. The summed E-state index contributed by atoms with van der Waals surface area (Å²) in [6.07, 6.45) is -2.19. The zero-order chi connectivity index (χ0) is 12.6. The summed E-state index contributed by atoms with van der Waals surface area (Å²) in [6.45, 7) is -1.02. The number of carbonyl (C=O) groups is 1. The van der Waals surface area contributed by atoms with Crippen LogP contribution in [0.15, 0.2) is 0 Å². The summed E-state index contributed by atoms with van der Waals surface area (Å²) in [5.74, 6) is -0.188. The Balaban J connectivity index is 3.41. The van der Waals surface area contributed by atoms with Gasteiger partial charge in [-0.1, -0.05) is 0 Å². The number of nitrogens with one attached hydrogen (secondary N) is 2. The maximum absolute atomic E-state index is 11.7. The van der Waals surface area contributed by atoms with E-state index in [1.54, 1.807) is 11.6 Å². The lowest BCUT2D eigenvalue weighted by molar-refractivity contribution is -0.137.